The van der Waals surface area contributed by atoms with Crippen LogP contribution in [0.4, 0.5) is 4.79 Å². The smallest absolute Gasteiger partial charge is 0.404 e. The zero-order valence-corrected chi connectivity index (χ0v) is 23.6. The van der Waals surface area contributed by atoms with Crippen molar-refractivity contribution in [1.82, 2.24) is 15.5 Å². The van der Waals surface area contributed by atoms with E-state index in [1.807, 2.05) is 61.6 Å². The summed E-state index contributed by atoms with van der Waals surface area (Å²) in [7, 11) is 1.88. The van der Waals surface area contributed by atoms with E-state index in [9.17, 15) is 9.59 Å². The zero-order chi connectivity index (χ0) is 28.5. The van der Waals surface area contributed by atoms with E-state index in [2.05, 4.69) is 29.7 Å². The van der Waals surface area contributed by atoms with Crippen LogP contribution in [0, 0.1) is 0 Å². The Balaban J connectivity index is 1.64. The van der Waals surface area contributed by atoms with Gasteiger partial charge in [0.25, 0.3) is 5.91 Å². The monoisotopic (exact) mass is 565 g/mol. The Kier molecular flexibility index (Phi) is 10.5. The maximum atomic E-state index is 13.4. The SMILES string of the molecule is CCc1cccc(-c2c(Cl)cccc2C(OCCNC(=O)O)[C@H]2CN(C(=O)c3ccc(CNC)cc3)CCO2)c1. The van der Waals surface area contributed by atoms with Gasteiger partial charge in [0, 0.05) is 35.8 Å². The van der Waals surface area contributed by atoms with Crippen LogP contribution in [0.5, 0.6) is 0 Å². The number of benzene rings is 3. The first-order chi connectivity index (χ1) is 19.4. The first-order valence-corrected chi connectivity index (χ1v) is 13.9. The molecule has 2 amide bonds. The number of carboxylic acid groups (broad SMARTS) is 1. The molecule has 3 aromatic carbocycles. The molecule has 2 atom stereocenters. The quantitative estimate of drug-likeness (QED) is 0.278. The molecular formula is C31H36ClN3O5. The Morgan fingerprint density at radius 1 is 1.12 bits per heavy atom. The van der Waals surface area contributed by atoms with Crippen LogP contribution in [0.25, 0.3) is 11.1 Å². The fourth-order valence-corrected chi connectivity index (χ4v) is 5.26. The first-order valence-electron chi connectivity index (χ1n) is 13.5. The van der Waals surface area contributed by atoms with E-state index in [0.717, 1.165) is 35.2 Å². The average molecular weight is 566 g/mol. The van der Waals surface area contributed by atoms with Crippen LogP contribution in [0.3, 0.4) is 0 Å². The van der Waals surface area contributed by atoms with Crippen LogP contribution in [0.2, 0.25) is 5.02 Å². The van der Waals surface area contributed by atoms with Gasteiger partial charge in [-0.2, -0.15) is 0 Å². The third-order valence-corrected chi connectivity index (χ3v) is 7.27. The Morgan fingerprint density at radius 3 is 2.62 bits per heavy atom. The van der Waals surface area contributed by atoms with Crippen LogP contribution in [-0.2, 0) is 22.4 Å². The van der Waals surface area contributed by atoms with Crippen molar-refractivity contribution < 1.29 is 24.2 Å². The van der Waals surface area contributed by atoms with Gasteiger partial charge in [0.15, 0.2) is 0 Å². The third kappa shape index (κ3) is 7.40. The fourth-order valence-electron chi connectivity index (χ4n) is 4.97. The summed E-state index contributed by atoms with van der Waals surface area (Å²) in [6, 6.07) is 21.5. The number of rotatable bonds is 11. The molecule has 3 aromatic rings. The normalized spacial score (nSPS) is 16.0. The van der Waals surface area contributed by atoms with Crippen molar-refractivity contribution in [2.45, 2.75) is 32.1 Å². The summed E-state index contributed by atoms with van der Waals surface area (Å²) in [6.07, 6.45) is -1.32. The van der Waals surface area contributed by atoms with E-state index in [1.54, 1.807) is 4.90 Å². The van der Waals surface area contributed by atoms with E-state index in [-0.39, 0.29) is 19.1 Å². The lowest BCUT2D eigenvalue weighted by Gasteiger charge is -2.38. The summed E-state index contributed by atoms with van der Waals surface area (Å²) in [5.74, 6) is -0.0717. The zero-order valence-electron chi connectivity index (χ0n) is 22.9. The van der Waals surface area contributed by atoms with E-state index in [4.69, 9.17) is 26.2 Å². The van der Waals surface area contributed by atoms with Crippen molar-refractivity contribution in [3.63, 3.8) is 0 Å². The summed E-state index contributed by atoms with van der Waals surface area (Å²) in [5, 5.41) is 15.1. The highest BCUT2D eigenvalue weighted by Crippen LogP contribution is 2.39. The van der Waals surface area contributed by atoms with Crippen molar-refractivity contribution in [3.8, 4) is 11.1 Å². The van der Waals surface area contributed by atoms with Crippen LogP contribution >= 0.6 is 11.6 Å². The highest BCUT2D eigenvalue weighted by atomic mass is 35.5. The molecule has 0 bridgehead atoms. The van der Waals surface area contributed by atoms with Gasteiger partial charge in [-0.15, -0.1) is 0 Å². The molecule has 1 heterocycles. The van der Waals surface area contributed by atoms with Crippen LogP contribution in [-0.4, -0.2) is 68.0 Å². The molecular weight excluding hydrogens is 530 g/mol. The van der Waals surface area contributed by atoms with Crippen molar-refractivity contribution in [2.24, 2.45) is 0 Å². The number of carbonyl (C=O) groups is 2. The van der Waals surface area contributed by atoms with Crippen molar-refractivity contribution in [3.05, 3.63) is 94.0 Å². The predicted molar refractivity (Wildman–Crippen MR) is 156 cm³/mol. The van der Waals surface area contributed by atoms with Gasteiger partial charge in [-0.25, -0.2) is 4.79 Å². The molecule has 40 heavy (non-hydrogen) atoms. The molecule has 0 spiro atoms. The highest BCUT2D eigenvalue weighted by Gasteiger charge is 2.34. The number of nitrogens with one attached hydrogen (secondary N) is 2. The minimum absolute atomic E-state index is 0.0717. The number of carbonyl (C=O) groups excluding carboxylic acids is 1. The van der Waals surface area contributed by atoms with E-state index < -0.39 is 18.3 Å². The first kappa shape index (κ1) is 29.6. The number of ether oxygens (including phenoxy) is 2. The second-order valence-corrected chi connectivity index (χ2v) is 10.1. The molecule has 0 radical (unpaired) electrons. The molecule has 1 aliphatic rings. The number of hydrogen-bond donors (Lipinski definition) is 3. The standard InChI is InChI=1S/C31H36ClN3O5/c1-3-21-6-4-7-24(18-21)28-25(8-5-9-26(28)32)29(40-16-14-34-31(37)38)27-20-35(15-17-39-27)30(36)23-12-10-22(11-13-23)19-33-2/h4-13,18,27,29,33-34H,3,14-17,19-20H2,1-2H3,(H,37,38)/t27-,29?/m1/s1. The molecule has 1 aliphatic heterocycles. The Labute approximate surface area is 240 Å². The van der Waals surface area contributed by atoms with Crippen molar-refractivity contribution in [2.75, 3.05) is 39.9 Å². The van der Waals surface area contributed by atoms with E-state index >= 15 is 0 Å². The van der Waals surface area contributed by atoms with Crippen LogP contribution in [0.1, 0.15) is 40.1 Å². The topological polar surface area (TPSA) is 100 Å². The Bertz CT molecular complexity index is 1300. The molecule has 3 N–H and O–H groups in total. The van der Waals surface area contributed by atoms with Crippen LogP contribution < -0.4 is 10.6 Å². The van der Waals surface area contributed by atoms with Crippen molar-refractivity contribution in [1.29, 1.82) is 0 Å². The third-order valence-electron chi connectivity index (χ3n) is 6.95. The highest BCUT2D eigenvalue weighted by molar-refractivity contribution is 6.33. The van der Waals surface area contributed by atoms with Gasteiger partial charge < -0.3 is 30.1 Å². The second kappa shape index (κ2) is 14.3. The molecule has 0 saturated carbocycles. The average Bonchev–Trinajstić information content (AvgIpc) is 2.97. The van der Waals surface area contributed by atoms with Gasteiger partial charge in [0.2, 0.25) is 0 Å². The second-order valence-electron chi connectivity index (χ2n) is 9.67. The van der Waals surface area contributed by atoms with Crippen molar-refractivity contribution >= 4 is 23.6 Å². The van der Waals surface area contributed by atoms with Gasteiger partial charge in [0.1, 0.15) is 12.2 Å². The van der Waals surface area contributed by atoms with Gasteiger partial charge in [-0.1, -0.05) is 67.1 Å². The molecule has 212 valence electrons. The number of nitrogens with zero attached hydrogens (tertiary/aromatic N) is 1. The number of amides is 2. The maximum absolute atomic E-state index is 13.4. The Hall–Kier alpha value is -3.43. The molecule has 4 rings (SSSR count). The lowest BCUT2D eigenvalue weighted by Crippen LogP contribution is -2.48. The number of hydrogen-bond acceptors (Lipinski definition) is 5. The largest absolute Gasteiger partial charge is 0.465 e. The minimum atomic E-state index is -1.12. The molecule has 8 nitrogen and oxygen atoms in total. The lowest BCUT2D eigenvalue weighted by atomic mass is 9.92. The number of aryl methyl sites for hydroxylation is 1. The van der Waals surface area contributed by atoms with Gasteiger partial charge in [-0.05, 0) is 53.9 Å². The number of morpholine rings is 1. The molecule has 1 fully saturated rings. The summed E-state index contributed by atoms with van der Waals surface area (Å²) >= 11 is 6.78. The molecule has 0 aromatic heterocycles. The van der Waals surface area contributed by atoms with Gasteiger partial charge in [-0.3, -0.25) is 4.79 Å². The van der Waals surface area contributed by atoms with E-state index in [0.29, 0.717) is 30.3 Å². The fraction of sp³-hybridized carbons (Fsp3) is 0.355. The number of halogens is 1. The van der Waals surface area contributed by atoms with Gasteiger partial charge >= 0.3 is 6.09 Å². The van der Waals surface area contributed by atoms with E-state index in [1.165, 1.54) is 5.56 Å². The molecule has 0 aliphatic carbocycles. The summed E-state index contributed by atoms with van der Waals surface area (Å²) in [4.78, 5) is 26.2. The van der Waals surface area contributed by atoms with Gasteiger partial charge in [0.05, 0.1) is 19.8 Å². The lowest BCUT2D eigenvalue weighted by molar-refractivity contribution is -0.106. The molecule has 1 unspecified atom stereocenters. The summed E-state index contributed by atoms with van der Waals surface area (Å²) < 4.78 is 12.5. The minimum Gasteiger partial charge on any atom is -0.465 e. The summed E-state index contributed by atoms with van der Waals surface area (Å²) in [6.45, 7) is 4.19. The summed E-state index contributed by atoms with van der Waals surface area (Å²) in [5.41, 5.74) is 5.52. The molecule has 1 saturated heterocycles. The predicted octanol–water partition coefficient (Wildman–Crippen LogP) is 5.16. The maximum Gasteiger partial charge on any atom is 0.404 e. The van der Waals surface area contributed by atoms with Crippen LogP contribution in [0.15, 0.2) is 66.7 Å². The molecule has 9 heteroatoms. The Morgan fingerprint density at radius 2 is 1.90 bits per heavy atom.